The minimum atomic E-state index is -0.780. The Bertz CT molecular complexity index is 385. The van der Waals surface area contributed by atoms with Crippen LogP contribution in [0.15, 0.2) is 0 Å². The molecular formula is C14H22N2O3. The summed E-state index contributed by atoms with van der Waals surface area (Å²) in [5, 5.41) is 12.2. The summed E-state index contributed by atoms with van der Waals surface area (Å²) < 4.78 is 0. The normalized spacial score (nSPS) is 37.4. The van der Waals surface area contributed by atoms with Crippen molar-refractivity contribution in [2.75, 3.05) is 13.1 Å². The molecule has 1 heterocycles. The average molecular weight is 266 g/mol. The summed E-state index contributed by atoms with van der Waals surface area (Å²) in [6.07, 6.45) is 6.43. The Morgan fingerprint density at radius 1 is 1.16 bits per heavy atom. The first-order valence-electron chi connectivity index (χ1n) is 7.41. The summed E-state index contributed by atoms with van der Waals surface area (Å²) in [6.45, 7) is 1.05. The van der Waals surface area contributed by atoms with Gasteiger partial charge in [0.25, 0.3) is 0 Å². The molecule has 4 unspecified atom stereocenters. The Morgan fingerprint density at radius 3 is 2.63 bits per heavy atom. The number of hydrogen-bond acceptors (Lipinski definition) is 2. The zero-order valence-electron chi connectivity index (χ0n) is 11.2. The standard InChI is InChI=1S/C14H22N2O3/c17-13(18)11-2-1-5-16(8-11)14(19)15-12-7-9-3-4-10(12)6-9/h9-12H,1-8H2,(H,15,19)(H,17,18). The van der Waals surface area contributed by atoms with Gasteiger partial charge in [-0.15, -0.1) is 0 Å². The number of urea groups is 1. The van der Waals surface area contributed by atoms with Crippen molar-refractivity contribution in [2.45, 2.75) is 44.6 Å². The van der Waals surface area contributed by atoms with Gasteiger partial charge >= 0.3 is 12.0 Å². The summed E-state index contributed by atoms with van der Waals surface area (Å²) in [5.74, 6) is 0.300. The molecule has 0 aromatic heterocycles. The molecule has 1 aliphatic heterocycles. The van der Waals surface area contributed by atoms with Gasteiger partial charge in [-0.2, -0.15) is 0 Å². The number of fused-ring (bicyclic) bond motifs is 2. The summed E-state index contributed by atoms with van der Waals surface area (Å²) in [6, 6.07) is 0.278. The van der Waals surface area contributed by atoms with E-state index in [1.54, 1.807) is 4.90 Å². The number of carboxylic acids is 1. The van der Waals surface area contributed by atoms with E-state index in [0.29, 0.717) is 31.5 Å². The van der Waals surface area contributed by atoms with Crippen molar-refractivity contribution >= 4 is 12.0 Å². The van der Waals surface area contributed by atoms with Gasteiger partial charge in [-0.05, 0) is 43.9 Å². The number of nitrogens with one attached hydrogen (secondary N) is 1. The van der Waals surface area contributed by atoms with E-state index in [9.17, 15) is 9.59 Å². The number of nitrogens with zero attached hydrogens (tertiary/aromatic N) is 1. The molecule has 2 amide bonds. The largest absolute Gasteiger partial charge is 0.481 e. The number of hydrogen-bond donors (Lipinski definition) is 2. The Hall–Kier alpha value is -1.26. The molecule has 0 aromatic carbocycles. The summed E-state index contributed by atoms with van der Waals surface area (Å²) in [5.41, 5.74) is 0. The number of aliphatic carboxylic acids is 1. The van der Waals surface area contributed by atoms with E-state index in [4.69, 9.17) is 5.11 Å². The lowest BCUT2D eigenvalue weighted by Gasteiger charge is -2.33. The lowest BCUT2D eigenvalue weighted by atomic mass is 9.95. The second kappa shape index (κ2) is 5.02. The maximum absolute atomic E-state index is 12.2. The maximum Gasteiger partial charge on any atom is 0.317 e. The topological polar surface area (TPSA) is 69.6 Å². The van der Waals surface area contributed by atoms with E-state index in [1.807, 2.05) is 0 Å². The molecule has 0 radical (unpaired) electrons. The maximum atomic E-state index is 12.2. The quantitative estimate of drug-likeness (QED) is 0.799. The van der Waals surface area contributed by atoms with Crippen molar-refractivity contribution in [2.24, 2.45) is 17.8 Å². The van der Waals surface area contributed by atoms with Crippen LogP contribution in [0.3, 0.4) is 0 Å². The average Bonchev–Trinajstić information content (AvgIpc) is 3.01. The SMILES string of the molecule is O=C(O)C1CCCN(C(=O)NC2CC3CCC2C3)C1. The van der Waals surface area contributed by atoms with Crippen LogP contribution in [0.4, 0.5) is 4.79 Å². The molecule has 0 spiro atoms. The van der Waals surface area contributed by atoms with Gasteiger partial charge < -0.3 is 15.3 Å². The summed E-state index contributed by atoms with van der Waals surface area (Å²) >= 11 is 0. The second-order valence-corrected chi connectivity index (χ2v) is 6.35. The first-order chi connectivity index (χ1) is 9.13. The first-order valence-corrected chi connectivity index (χ1v) is 7.41. The molecule has 19 heavy (non-hydrogen) atoms. The predicted octanol–water partition coefficient (Wildman–Crippen LogP) is 1.68. The van der Waals surface area contributed by atoms with E-state index >= 15 is 0 Å². The fourth-order valence-corrected chi connectivity index (χ4v) is 4.03. The zero-order valence-corrected chi connectivity index (χ0v) is 11.2. The third-order valence-electron chi connectivity index (χ3n) is 5.10. The van der Waals surface area contributed by atoms with Crippen LogP contribution in [-0.4, -0.2) is 41.1 Å². The lowest BCUT2D eigenvalue weighted by Crippen LogP contribution is -2.50. The number of amides is 2. The highest BCUT2D eigenvalue weighted by Crippen LogP contribution is 2.44. The van der Waals surface area contributed by atoms with Crippen LogP contribution < -0.4 is 5.32 Å². The van der Waals surface area contributed by atoms with E-state index < -0.39 is 5.97 Å². The smallest absolute Gasteiger partial charge is 0.317 e. The van der Waals surface area contributed by atoms with Crippen molar-refractivity contribution < 1.29 is 14.7 Å². The molecule has 2 N–H and O–H groups in total. The number of rotatable bonds is 2. The predicted molar refractivity (Wildman–Crippen MR) is 69.7 cm³/mol. The molecule has 2 aliphatic carbocycles. The van der Waals surface area contributed by atoms with Gasteiger partial charge in [-0.1, -0.05) is 6.42 Å². The highest BCUT2D eigenvalue weighted by Gasteiger charge is 2.41. The minimum absolute atomic E-state index is 0.0523. The highest BCUT2D eigenvalue weighted by molar-refractivity contribution is 5.76. The Labute approximate surface area is 113 Å². The second-order valence-electron chi connectivity index (χ2n) is 6.35. The van der Waals surface area contributed by atoms with Crippen LogP contribution in [0.25, 0.3) is 0 Å². The fraction of sp³-hybridized carbons (Fsp3) is 0.857. The molecule has 2 saturated carbocycles. The monoisotopic (exact) mass is 266 g/mol. The van der Waals surface area contributed by atoms with E-state index in [0.717, 1.165) is 18.8 Å². The third kappa shape index (κ3) is 2.55. The molecule has 1 saturated heterocycles. The lowest BCUT2D eigenvalue weighted by molar-refractivity contribution is -0.143. The molecule has 3 fully saturated rings. The Kier molecular flexibility index (Phi) is 3.37. The molecule has 3 aliphatic rings. The van der Waals surface area contributed by atoms with Gasteiger partial charge in [0.2, 0.25) is 0 Å². The van der Waals surface area contributed by atoms with E-state index in [2.05, 4.69) is 5.32 Å². The summed E-state index contributed by atoms with van der Waals surface area (Å²) in [7, 11) is 0. The number of likely N-dealkylation sites (tertiary alicyclic amines) is 1. The van der Waals surface area contributed by atoms with Crippen LogP contribution in [0.2, 0.25) is 0 Å². The third-order valence-corrected chi connectivity index (χ3v) is 5.10. The van der Waals surface area contributed by atoms with Gasteiger partial charge in [-0.3, -0.25) is 4.79 Å². The van der Waals surface area contributed by atoms with Crippen molar-refractivity contribution in [1.29, 1.82) is 0 Å². The fourth-order valence-electron chi connectivity index (χ4n) is 4.03. The molecule has 2 bridgehead atoms. The van der Waals surface area contributed by atoms with Crippen molar-refractivity contribution in [3.05, 3.63) is 0 Å². The van der Waals surface area contributed by atoms with E-state index in [1.165, 1.54) is 19.3 Å². The molecule has 5 nitrogen and oxygen atoms in total. The number of carbonyl (C=O) groups is 2. The Morgan fingerprint density at radius 2 is 2.00 bits per heavy atom. The van der Waals surface area contributed by atoms with Crippen molar-refractivity contribution in [3.63, 3.8) is 0 Å². The molecule has 3 rings (SSSR count). The zero-order chi connectivity index (χ0) is 13.4. The molecular weight excluding hydrogens is 244 g/mol. The molecule has 106 valence electrons. The van der Waals surface area contributed by atoms with Crippen LogP contribution in [-0.2, 0) is 4.79 Å². The Balaban J connectivity index is 1.54. The van der Waals surface area contributed by atoms with Gasteiger partial charge in [-0.25, -0.2) is 4.79 Å². The van der Waals surface area contributed by atoms with Crippen LogP contribution in [0.1, 0.15) is 38.5 Å². The number of carboxylic acid groups (broad SMARTS) is 1. The van der Waals surface area contributed by atoms with Crippen molar-refractivity contribution in [3.8, 4) is 0 Å². The van der Waals surface area contributed by atoms with Crippen LogP contribution in [0, 0.1) is 17.8 Å². The first kappa shape index (κ1) is 12.8. The van der Waals surface area contributed by atoms with Crippen LogP contribution in [0.5, 0.6) is 0 Å². The molecule has 0 aromatic rings. The minimum Gasteiger partial charge on any atom is -0.481 e. The van der Waals surface area contributed by atoms with Crippen molar-refractivity contribution in [1.82, 2.24) is 10.2 Å². The molecule has 5 heteroatoms. The molecule has 4 atom stereocenters. The van der Waals surface area contributed by atoms with Gasteiger partial charge in [0.1, 0.15) is 0 Å². The van der Waals surface area contributed by atoms with Gasteiger partial charge in [0, 0.05) is 19.1 Å². The van der Waals surface area contributed by atoms with Crippen LogP contribution >= 0.6 is 0 Å². The van der Waals surface area contributed by atoms with Gasteiger partial charge in [0.05, 0.1) is 5.92 Å². The van der Waals surface area contributed by atoms with E-state index in [-0.39, 0.29) is 11.9 Å². The number of piperidine rings is 1. The summed E-state index contributed by atoms with van der Waals surface area (Å²) in [4.78, 5) is 24.9. The number of carbonyl (C=O) groups excluding carboxylic acids is 1. The van der Waals surface area contributed by atoms with Gasteiger partial charge in [0.15, 0.2) is 0 Å². The highest BCUT2D eigenvalue weighted by atomic mass is 16.4.